The Bertz CT molecular complexity index is 790. The molecule has 0 saturated carbocycles. The molecule has 2 heterocycles. The number of halogens is 1. The standard InChI is InChI=1S/C23H36ClN5O3/c1-3-8-26-23(31)29-11-4-16(5-12-29)15-28-9-6-17(7-10-28)27-22(30)18-13-19(24)20(25)14-21(18)32-2/h13-14,16-17H,3-12,15,25H2,1-2H3,(H,26,31)(H,27,30). The SMILES string of the molecule is CCCNC(=O)N1CCC(CN2CCC(NC(=O)c3cc(Cl)c(N)cc3OC)CC2)CC1. The first kappa shape index (κ1) is 24.5. The Morgan fingerprint density at radius 1 is 1.16 bits per heavy atom. The van der Waals surface area contributed by atoms with E-state index in [1.807, 2.05) is 4.90 Å². The van der Waals surface area contributed by atoms with Crippen LogP contribution in [0.2, 0.25) is 5.02 Å². The molecule has 1 aromatic rings. The zero-order valence-corrected chi connectivity index (χ0v) is 19.9. The van der Waals surface area contributed by atoms with Gasteiger partial charge in [0.2, 0.25) is 0 Å². The maximum atomic E-state index is 12.8. The number of benzene rings is 1. The van der Waals surface area contributed by atoms with Crippen molar-refractivity contribution in [2.24, 2.45) is 5.92 Å². The van der Waals surface area contributed by atoms with Crippen molar-refractivity contribution in [2.45, 2.75) is 45.1 Å². The molecule has 4 N–H and O–H groups in total. The van der Waals surface area contributed by atoms with Crippen molar-refractivity contribution in [3.8, 4) is 5.75 Å². The van der Waals surface area contributed by atoms with E-state index in [1.165, 1.54) is 7.11 Å². The second kappa shape index (κ2) is 11.6. The molecule has 1 aromatic carbocycles. The summed E-state index contributed by atoms with van der Waals surface area (Å²) in [6, 6.07) is 3.35. The zero-order chi connectivity index (χ0) is 23.1. The van der Waals surface area contributed by atoms with Crippen LogP contribution in [-0.4, -0.2) is 74.2 Å². The third-order valence-electron chi connectivity index (χ3n) is 6.43. The molecule has 0 aromatic heterocycles. The zero-order valence-electron chi connectivity index (χ0n) is 19.2. The molecular formula is C23H36ClN5O3. The third-order valence-corrected chi connectivity index (χ3v) is 6.76. The van der Waals surface area contributed by atoms with Crippen LogP contribution < -0.4 is 21.1 Å². The van der Waals surface area contributed by atoms with E-state index >= 15 is 0 Å². The summed E-state index contributed by atoms with van der Waals surface area (Å²) in [5, 5.41) is 6.43. The van der Waals surface area contributed by atoms with Gasteiger partial charge >= 0.3 is 6.03 Å². The van der Waals surface area contributed by atoms with Crippen LogP contribution in [0.3, 0.4) is 0 Å². The molecule has 8 nitrogen and oxygen atoms in total. The summed E-state index contributed by atoms with van der Waals surface area (Å²) in [6.45, 7) is 7.45. The van der Waals surface area contributed by atoms with Crippen molar-refractivity contribution in [1.29, 1.82) is 0 Å². The first-order valence-electron chi connectivity index (χ1n) is 11.6. The normalized spacial score (nSPS) is 18.4. The fourth-order valence-electron chi connectivity index (χ4n) is 4.47. The van der Waals surface area contributed by atoms with Gasteiger partial charge in [0.05, 0.1) is 23.4 Å². The average molecular weight is 466 g/mol. The molecule has 3 rings (SSSR count). The highest BCUT2D eigenvalue weighted by molar-refractivity contribution is 6.33. The van der Waals surface area contributed by atoms with Crippen LogP contribution in [0.5, 0.6) is 5.75 Å². The molecule has 2 saturated heterocycles. The Kier molecular flexibility index (Phi) is 8.87. The summed E-state index contributed by atoms with van der Waals surface area (Å²) in [5.74, 6) is 0.866. The molecule has 9 heteroatoms. The summed E-state index contributed by atoms with van der Waals surface area (Å²) in [4.78, 5) is 29.3. The quantitative estimate of drug-likeness (QED) is 0.537. The van der Waals surface area contributed by atoms with Gasteiger partial charge in [0.1, 0.15) is 5.75 Å². The lowest BCUT2D eigenvalue weighted by molar-refractivity contribution is 0.0891. The number of carbonyl (C=O) groups excluding carboxylic acids is 2. The highest BCUT2D eigenvalue weighted by Crippen LogP contribution is 2.29. The largest absolute Gasteiger partial charge is 0.496 e. The summed E-state index contributed by atoms with van der Waals surface area (Å²) in [7, 11) is 1.51. The number of nitrogen functional groups attached to an aromatic ring is 1. The number of hydrogen-bond donors (Lipinski definition) is 3. The van der Waals surface area contributed by atoms with Gasteiger partial charge in [-0.05, 0) is 44.1 Å². The second-order valence-corrected chi connectivity index (χ2v) is 9.19. The van der Waals surface area contributed by atoms with E-state index in [9.17, 15) is 9.59 Å². The molecule has 0 spiro atoms. The third kappa shape index (κ3) is 6.42. The molecule has 0 atom stereocenters. The number of nitrogens with one attached hydrogen (secondary N) is 2. The number of likely N-dealkylation sites (tertiary alicyclic amines) is 2. The lowest BCUT2D eigenvalue weighted by Gasteiger charge is -2.37. The fourth-order valence-corrected chi connectivity index (χ4v) is 4.63. The number of nitrogens with two attached hydrogens (primary N) is 1. The van der Waals surface area contributed by atoms with Gasteiger partial charge in [-0.15, -0.1) is 0 Å². The minimum atomic E-state index is -0.184. The van der Waals surface area contributed by atoms with Gasteiger partial charge in [0.25, 0.3) is 5.91 Å². The molecule has 178 valence electrons. The van der Waals surface area contributed by atoms with Crippen LogP contribution in [0.4, 0.5) is 10.5 Å². The maximum absolute atomic E-state index is 12.8. The summed E-state index contributed by atoms with van der Waals surface area (Å²) >= 11 is 6.10. The van der Waals surface area contributed by atoms with E-state index in [0.29, 0.717) is 27.9 Å². The number of carbonyl (C=O) groups is 2. The Labute approximate surface area is 195 Å². The van der Waals surface area contributed by atoms with Crippen LogP contribution in [0.1, 0.15) is 49.4 Å². The number of hydrogen-bond acceptors (Lipinski definition) is 5. The van der Waals surface area contributed by atoms with Crippen LogP contribution in [0.25, 0.3) is 0 Å². The first-order valence-corrected chi connectivity index (χ1v) is 12.0. The molecule has 2 aliphatic rings. The summed E-state index contributed by atoms with van der Waals surface area (Å²) < 4.78 is 5.30. The van der Waals surface area contributed by atoms with E-state index < -0.39 is 0 Å². The van der Waals surface area contributed by atoms with Crippen molar-refractivity contribution >= 4 is 29.2 Å². The average Bonchev–Trinajstić information content (AvgIpc) is 2.80. The van der Waals surface area contributed by atoms with Gasteiger partial charge in [-0.1, -0.05) is 18.5 Å². The van der Waals surface area contributed by atoms with Crippen molar-refractivity contribution in [3.63, 3.8) is 0 Å². The Morgan fingerprint density at radius 3 is 2.47 bits per heavy atom. The molecule has 0 aliphatic carbocycles. The molecular weight excluding hydrogens is 430 g/mol. The van der Waals surface area contributed by atoms with E-state index in [2.05, 4.69) is 22.5 Å². The number of ether oxygens (including phenoxy) is 1. The Balaban J connectivity index is 1.41. The first-order chi connectivity index (χ1) is 15.4. The van der Waals surface area contributed by atoms with Crippen molar-refractivity contribution in [2.75, 3.05) is 52.1 Å². The minimum absolute atomic E-state index is 0.0703. The monoisotopic (exact) mass is 465 g/mol. The Morgan fingerprint density at radius 2 is 1.84 bits per heavy atom. The number of anilines is 1. The van der Waals surface area contributed by atoms with Crippen molar-refractivity contribution < 1.29 is 14.3 Å². The number of rotatable bonds is 7. The van der Waals surface area contributed by atoms with Crippen molar-refractivity contribution in [1.82, 2.24) is 20.4 Å². The number of methoxy groups -OCH3 is 1. The van der Waals surface area contributed by atoms with E-state index in [4.69, 9.17) is 22.1 Å². The minimum Gasteiger partial charge on any atom is -0.496 e. The van der Waals surface area contributed by atoms with Crippen LogP contribution in [0.15, 0.2) is 12.1 Å². The number of urea groups is 1. The van der Waals surface area contributed by atoms with Crippen molar-refractivity contribution in [3.05, 3.63) is 22.7 Å². The maximum Gasteiger partial charge on any atom is 0.317 e. The highest BCUT2D eigenvalue weighted by atomic mass is 35.5. The number of amides is 3. The number of nitrogens with zero attached hydrogens (tertiary/aromatic N) is 2. The predicted octanol–water partition coefficient (Wildman–Crippen LogP) is 2.96. The van der Waals surface area contributed by atoms with E-state index in [1.54, 1.807) is 12.1 Å². The molecule has 2 aliphatic heterocycles. The lowest BCUT2D eigenvalue weighted by Crippen LogP contribution is -2.48. The fraction of sp³-hybridized carbons (Fsp3) is 0.652. The van der Waals surface area contributed by atoms with Gasteiger partial charge in [0, 0.05) is 51.4 Å². The van der Waals surface area contributed by atoms with Crippen LogP contribution in [0, 0.1) is 5.92 Å². The van der Waals surface area contributed by atoms with E-state index in [-0.39, 0.29) is 18.0 Å². The highest BCUT2D eigenvalue weighted by Gasteiger charge is 2.27. The van der Waals surface area contributed by atoms with Gasteiger partial charge < -0.3 is 30.9 Å². The summed E-state index contributed by atoms with van der Waals surface area (Å²) in [6.07, 6.45) is 4.88. The molecule has 0 unspecified atom stereocenters. The molecule has 0 bridgehead atoms. The van der Waals surface area contributed by atoms with Crippen LogP contribution in [-0.2, 0) is 0 Å². The van der Waals surface area contributed by atoms with Crippen LogP contribution >= 0.6 is 11.6 Å². The molecule has 3 amide bonds. The Hall–Kier alpha value is -2.19. The topological polar surface area (TPSA) is 99.9 Å². The molecule has 2 fully saturated rings. The summed E-state index contributed by atoms with van der Waals surface area (Å²) in [5.41, 5.74) is 6.61. The van der Waals surface area contributed by atoms with Gasteiger partial charge in [-0.25, -0.2) is 4.79 Å². The number of piperidine rings is 2. The lowest BCUT2D eigenvalue weighted by atomic mass is 9.95. The molecule has 0 radical (unpaired) electrons. The molecule has 32 heavy (non-hydrogen) atoms. The smallest absolute Gasteiger partial charge is 0.317 e. The van der Waals surface area contributed by atoms with E-state index in [0.717, 1.165) is 71.4 Å². The van der Waals surface area contributed by atoms with Gasteiger partial charge in [-0.2, -0.15) is 0 Å². The van der Waals surface area contributed by atoms with Gasteiger partial charge in [0.15, 0.2) is 0 Å². The predicted molar refractivity (Wildman–Crippen MR) is 127 cm³/mol. The van der Waals surface area contributed by atoms with Gasteiger partial charge in [-0.3, -0.25) is 4.79 Å². The second-order valence-electron chi connectivity index (χ2n) is 8.78.